The van der Waals surface area contributed by atoms with Gasteiger partial charge in [0.1, 0.15) is 5.69 Å². The van der Waals surface area contributed by atoms with E-state index in [4.69, 9.17) is 0 Å². The van der Waals surface area contributed by atoms with Crippen LogP contribution in [-0.4, -0.2) is 57.5 Å². The van der Waals surface area contributed by atoms with E-state index in [1.54, 1.807) is 0 Å². The van der Waals surface area contributed by atoms with Gasteiger partial charge in [-0.1, -0.05) is 54.1 Å². The van der Waals surface area contributed by atoms with Gasteiger partial charge in [-0.2, -0.15) is 0 Å². The van der Waals surface area contributed by atoms with Gasteiger partial charge in [0.15, 0.2) is 0 Å². The lowest BCUT2D eigenvalue weighted by atomic mass is 9.84. The smallest absolute Gasteiger partial charge is 0.113 e. The highest BCUT2D eigenvalue weighted by Crippen LogP contribution is 2.35. The van der Waals surface area contributed by atoms with Gasteiger partial charge in [-0.3, -0.25) is 4.90 Å². The van der Waals surface area contributed by atoms with E-state index < -0.39 is 0 Å². The highest BCUT2D eigenvalue weighted by atomic mass is 15.4. The third kappa shape index (κ3) is 4.12. The molecule has 0 saturated carbocycles. The molecule has 0 amide bonds. The van der Waals surface area contributed by atoms with Gasteiger partial charge in [0.2, 0.25) is 0 Å². The summed E-state index contributed by atoms with van der Waals surface area (Å²) in [5.74, 6) is 0.754. The highest BCUT2D eigenvalue weighted by molar-refractivity contribution is 5.71. The number of piperidine rings is 4. The zero-order chi connectivity index (χ0) is 21.3. The average Bonchev–Trinajstić information content (AvgIpc) is 3.36. The molecule has 4 saturated heterocycles. The molecule has 5 heterocycles. The van der Waals surface area contributed by atoms with E-state index >= 15 is 0 Å². The van der Waals surface area contributed by atoms with Crippen LogP contribution < -0.4 is 0 Å². The molecule has 0 spiro atoms. The predicted molar refractivity (Wildman–Crippen MR) is 128 cm³/mol. The summed E-state index contributed by atoms with van der Waals surface area (Å²) < 4.78 is 2.13. The first-order valence-electron chi connectivity index (χ1n) is 12.4. The molecule has 4 aliphatic heterocycles. The maximum absolute atomic E-state index is 4.55. The highest BCUT2D eigenvalue weighted by Gasteiger charge is 2.35. The van der Waals surface area contributed by atoms with Crippen molar-refractivity contribution in [3.05, 3.63) is 60.3 Å². The second kappa shape index (κ2) is 8.80. The molecule has 3 aromatic rings. The lowest BCUT2D eigenvalue weighted by Gasteiger charge is -2.44. The van der Waals surface area contributed by atoms with Crippen molar-refractivity contribution in [3.8, 4) is 22.4 Å². The van der Waals surface area contributed by atoms with Crippen molar-refractivity contribution >= 4 is 0 Å². The number of hydrogen-bond acceptors (Lipinski definition) is 4. The topological polar surface area (TPSA) is 37.2 Å². The Hall–Kier alpha value is -2.50. The van der Waals surface area contributed by atoms with Gasteiger partial charge in [0.25, 0.3) is 0 Å². The van der Waals surface area contributed by atoms with Gasteiger partial charge in [0, 0.05) is 18.7 Å². The fourth-order valence-electron chi connectivity index (χ4n) is 5.84. The Bertz CT molecular complexity index is 1040. The van der Waals surface area contributed by atoms with Crippen molar-refractivity contribution in [2.45, 2.75) is 44.7 Å². The molecule has 2 bridgehead atoms. The van der Waals surface area contributed by atoms with Crippen molar-refractivity contribution in [1.29, 1.82) is 0 Å². The summed E-state index contributed by atoms with van der Waals surface area (Å²) in [5.41, 5.74) is 6.04. The van der Waals surface area contributed by atoms with E-state index in [0.717, 1.165) is 30.3 Å². The normalized spacial score (nSPS) is 25.8. The number of hydrogen-bond donors (Lipinski definition) is 0. The fraction of sp³-hybridized carbons (Fsp3) is 0.481. The van der Waals surface area contributed by atoms with Crippen LogP contribution in [0.15, 0.2) is 54.7 Å². The Balaban J connectivity index is 1.18. The Morgan fingerprint density at radius 1 is 0.812 bits per heavy atom. The summed E-state index contributed by atoms with van der Waals surface area (Å²) >= 11 is 0. The minimum atomic E-state index is 0.481. The first-order valence-corrected chi connectivity index (χ1v) is 12.4. The van der Waals surface area contributed by atoms with Crippen LogP contribution in [0.25, 0.3) is 22.4 Å². The van der Waals surface area contributed by atoms with Crippen molar-refractivity contribution in [2.75, 3.05) is 32.7 Å². The minimum absolute atomic E-state index is 0.481. The van der Waals surface area contributed by atoms with Crippen LogP contribution in [0, 0.1) is 5.92 Å². The molecule has 0 N–H and O–H groups in total. The Kier molecular flexibility index (Phi) is 5.53. The molecule has 4 aliphatic rings. The van der Waals surface area contributed by atoms with Crippen molar-refractivity contribution in [3.63, 3.8) is 0 Å². The molecular weight excluding hydrogens is 394 g/mol. The van der Waals surface area contributed by atoms with Crippen LogP contribution in [0.5, 0.6) is 0 Å². The summed E-state index contributed by atoms with van der Waals surface area (Å²) in [6.45, 7) is 7.18. The second-order valence-corrected chi connectivity index (χ2v) is 9.90. The summed E-state index contributed by atoms with van der Waals surface area (Å²) in [7, 11) is 0. The van der Waals surface area contributed by atoms with Crippen LogP contribution in [0.3, 0.4) is 0 Å². The average molecular weight is 428 g/mol. The fourth-order valence-corrected chi connectivity index (χ4v) is 5.84. The molecule has 1 aromatic heterocycles. The number of rotatable bonds is 5. The summed E-state index contributed by atoms with van der Waals surface area (Å²) in [5, 5.41) is 9.09. The lowest BCUT2D eigenvalue weighted by Crippen LogP contribution is -2.48. The van der Waals surface area contributed by atoms with E-state index in [-0.39, 0.29) is 0 Å². The number of likely N-dealkylation sites (tertiary alicyclic amines) is 1. The maximum Gasteiger partial charge on any atom is 0.113 e. The molecule has 5 nitrogen and oxygen atoms in total. The molecule has 0 aliphatic carbocycles. The Morgan fingerprint density at radius 3 is 2.34 bits per heavy atom. The predicted octanol–water partition coefficient (Wildman–Crippen LogP) is 4.86. The van der Waals surface area contributed by atoms with E-state index in [9.17, 15) is 0 Å². The quantitative estimate of drug-likeness (QED) is 0.582. The summed E-state index contributed by atoms with van der Waals surface area (Å²) in [4.78, 5) is 5.15. The van der Waals surface area contributed by atoms with Crippen LogP contribution >= 0.6 is 0 Å². The number of fused-ring (bicyclic) bond motifs is 3. The molecule has 4 fully saturated rings. The van der Waals surface area contributed by atoms with Gasteiger partial charge in [0.05, 0.1) is 12.2 Å². The van der Waals surface area contributed by atoms with Crippen molar-refractivity contribution in [1.82, 2.24) is 24.8 Å². The SMILES string of the molecule is c1cc(-c2ccc(CN3CCCCC3)cc2)cc(-c2cn([C@H]3CN4CCC3CC4)nn2)c1. The molecule has 0 unspecified atom stereocenters. The zero-order valence-corrected chi connectivity index (χ0v) is 18.9. The molecule has 1 atom stereocenters. The standard InChI is InChI=1S/C27H33N5/c1-2-13-30(14-3-1)18-21-7-9-22(10-8-21)24-5-4-6-25(17-24)26-19-32(29-28-26)27-20-31-15-11-23(27)12-16-31/h4-10,17,19,23,27H,1-3,11-16,18,20H2/t27-/m0/s1. The number of benzene rings is 2. The molecule has 7 rings (SSSR count). The van der Waals surface area contributed by atoms with E-state index in [2.05, 4.69) is 79.5 Å². The van der Waals surface area contributed by atoms with Gasteiger partial charge in [-0.05, 0) is 80.5 Å². The van der Waals surface area contributed by atoms with Crippen LogP contribution in [-0.2, 0) is 6.54 Å². The number of aromatic nitrogens is 3. The minimum Gasteiger partial charge on any atom is -0.301 e. The molecule has 5 heteroatoms. The Morgan fingerprint density at radius 2 is 1.59 bits per heavy atom. The second-order valence-electron chi connectivity index (χ2n) is 9.90. The third-order valence-corrected chi connectivity index (χ3v) is 7.77. The monoisotopic (exact) mass is 427 g/mol. The number of nitrogens with zero attached hydrogens (tertiary/aromatic N) is 5. The lowest BCUT2D eigenvalue weighted by molar-refractivity contribution is 0.0504. The maximum atomic E-state index is 4.55. The van der Waals surface area contributed by atoms with Gasteiger partial charge < -0.3 is 4.90 Å². The largest absolute Gasteiger partial charge is 0.301 e. The van der Waals surface area contributed by atoms with Crippen molar-refractivity contribution in [2.24, 2.45) is 5.92 Å². The molecule has 2 aromatic carbocycles. The molecule has 166 valence electrons. The Labute approximate surface area is 191 Å². The van der Waals surface area contributed by atoms with E-state index in [1.807, 2.05) is 0 Å². The van der Waals surface area contributed by atoms with E-state index in [1.165, 1.54) is 75.0 Å². The first kappa shape index (κ1) is 20.1. The van der Waals surface area contributed by atoms with E-state index in [0.29, 0.717) is 6.04 Å². The summed E-state index contributed by atoms with van der Waals surface area (Å²) in [6.07, 6.45) is 8.82. The van der Waals surface area contributed by atoms with Gasteiger partial charge >= 0.3 is 0 Å². The van der Waals surface area contributed by atoms with Crippen LogP contribution in [0.1, 0.15) is 43.7 Å². The van der Waals surface area contributed by atoms with Gasteiger partial charge in [-0.25, -0.2) is 4.68 Å². The zero-order valence-electron chi connectivity index (χ0n) is 18.9. The molecule has 32 heavy (non-hydrogen) atoms. The summed E-state index contributed by atoms with van der Waals surface area (Å²) in [6, 6.07) is 18.3. The van der Waals surface area contributed by atoms with Crippen LogP contribution in [0.4, 0.5) is 0 Å². The van der Waals surface area contributed by atoms with Crippen molar-refractivity contribution < 1.29 is 0 Å². The molecular formula is C27H33N5. The van der Waals surface area contributed by atoms with Crippen LogP contribution in [0.2, 0.25) is 0 Å². The first-order chi connectivity index (χ1) is 15.8. The molecule has 0 radical (unpaired) electrons. The third-order valence-electron chi connectivity index (χ3n) is 7.77. The van der Waals surface area contributed by atoms with Gasteiger partial charge in [-0.15, -0.1) is 5.10 Å².